The molecule has 0 nitrogen and oxygen atoms in total. The molecule has 0 unspecified atom stereocenters. The van der Waals surface area contributed by atoms with E-state index < -0.39 is 0 Å². The van der Waals surface area contributed by atoms with Crippen molar-refractivity contribution < 1.29 is 17.0 Å². The Hall–Kier alpha value is -1.77. The smallest absolute Gasteiger partial charge is 1.00 e. The van der Waals surface area contributed by atoms with Crippen molar-refractivity contribution in [2.75, 3.05) is 0 Å². The van der Waals surface area contributed by atoms with E-state index in [1.54, 1.807) is 22.7 Å². The van der Waals surface area contributed by atoms with Gasteiger partial charge in [-0.25, -0.2) is 0 Å². The van der Waals surface area contributed by atoms with E-state index in [2.05, 4.69) is 102 Å². The van der Waals surface area contributed by atoms with Crippen LogP contribution in [0.5, 0.6) is 0 Å². The molecule has 2 heterocycles. The van der Waals surface area contributed by atoms with E-state index in [0.717, 1.165) is 30.8 Å². The number of halogens is 2. The zero-order valence-electron chi connectivity index (χ0n) is 20.2. The van der Waals surface area contributed by atoms with Gasteiger partial charge in [-0.2, -0.15) is 0 Å². The minimum absolute atomic E-state index is 0. The van der Waals surface area contributed by atoms with Gasteiger partial charge in [0.15, 0.2) is 0 Å². The first-order valence-electron chi connectivity index (χ1n) is 11.5. The van der Waals surface area contributed by atoms with E-state index in [-0.39, 0.29) is 40.0 Å². The van der Waals surface area contributed by atoms with Crippen LogP contribution in [0.2, 0.25) is 0 Å². The fraction of sp³-hybridized carbons (Fsp3) is 0. The van der Waals surface area contributed by atoms with E-state index in [9.17, 15) is 0 Å². The van der Waals surface area contributed by atoms with Crippen LogP contribution < -0.4 is 17.0 Å². The first-order valence-corrected chi connectivity index (χ1v) is 14.4. The molecular formula is C32H18Br2MgS3. The molecule has 0 saturated carbocycles. The van der Waals surface area contributed by atoms with Crippen molar-refractivity contribution in [3.63, 3.8) is 0 Å². The Labute approximate surface area is 269 Å². The number of thiophene rings is 2. The number of hydrogen-bond acceptors (Lipinski definition) is 3. The maximum atomic E-state index is 6.06. The molecule has 38 heavy (non-hydrogen) atoms. The molecular weight excluding hydrogens is 665 g/mol. The fourth-order valence-electron chi connectivity index (χ4n) is 5.06. The third-order valence-electron chi connectivity index (χ3n) is 6.90. The van der Waals surface area contributed by atoms with Gasteiger partial charge in [0, 0.05) is 24.1 Å². The maximum absolute atomic E-state index is 6.06. The van der Waals surface area contributed by atoms with Gasteiger partial charge in [-0.1, -0.05) is 49.6 Å². The van der Waals surface area contributed by atoms with Crippen molar-refractivity contribution in [1.82, 2.24) is 0 Å². The number of fused-ring (bicyclic) bond motifs is 5. The number of rotatable bonds is 3. The summed E-state index contributed by atoms with van der Waals surface area (Å²) in [5, 5.41) is 9.78. The average Bonchev–Trinajstić information content (AvgIpc) is 3.39. The van der Waals surface area contributed by atoms with Crippen molar-refractivity contribution >= 4 is 139 Å². The minimum atomic E-state index is 0. The molecule has 0 radical (unpaired) electrons. The van der Waals surface area contributed by atoms with Crippen molar-refractivity contribution in [1.29, 1.82) is 0 Å². The largest absolute Gasteiger partial charge is 2.00 e. The van der Waals surface area contributed by atoms with E-state index in [1.165, 1.54) is 52.0 Å². The van der Waals surface area contributed by atoms with Gasteiger partial charge in [0.1, 0.15) is 0 Å². The molecule has 0 spiro atoms. The van der Waals surface area contributed by atoms with Crippen molar-refractivity contribution in [3.8, 4) is 9.75 Å². The van der Waals surface area contributed by atoms with Crippen LogP contribution in [-0.4, -0.2) is 23.1 Å². The van der Waals surface area contributed by atoms with Crippen LogP contribution in [0, 0.1) is 0 Å². The Morgan fingerprint density at radius 3 is 1.71 bits per heavy atom. The molecule has 7 rings (SSSR count). The Kier molecular flexibility index (Phi) is 7.79. The summed E-state index contributed by atoms with van der Waals surface area (Å²) in [6.45, 7) is 7.94. The molecule has 7 aromatic rings. The predicted molar refractivity (Wildman–Crippen MR) is 174 cm³/mol. The summed E-state index contributed by atoms with van der Waals surface area (Å²) in [7, 11) is 0. The normalized spacial score (nSPS) is 11.2. The molecule has 0 fully saturated rings. The summed E-state index contributed by atoms with van der Waals surface area (Å²) < 4.78 is 3.60. The van der Waals surface area contributed by atoms with E-state index in [0.29, 0.717) is 0 Å². The predicted octanol–water partition coefficient (Wildman–Crippen LogP) is 7.82. The summed E-state index contributed by atoms with van der Waals surface area (Å²) in [5.74, 6) is 0. The molecule has 2 aromatic heterocycles. The SMILES string of the molecule is C=Cc1cc2cc3sc(-c4sc5cc6cc7ccccc7cc6cc5c4[S-])c(Br)c3cc2cc1C=C.[Br-].[Mg+2]. The van der Waals surface area contributed by atoms with Gasteiger partial charge in [-0.3, -0.25) is 0 Å². The topological polar surface area (TPSA) is 0 Å². The van der Waals surface area contributed by atoms with Crippen LogP contribution in [0.3, 0.4) is 0 Å². The van der Waals surface area contributed by atoms with E-state index in [4.69, 9.17) is 12.6 Å². The van der Waals surface area contributed by atoms with Gasteiger partial charge in [0.2, 0.25) is 0 Å². The zero-order valence-corrected chi connectivity index (χ0v) is 27.2. The first-order chi connectivity index (χ1) is 17.5. The molecule has 180 valence electrons. The molecule has 0 aliphatic carbocycles. The third-order valence-corrected chi connectivity index (χ3v) is 11.0. The summed E-state index contributed by atoms with van der Waals surface area (Å²) in [5.41, 5.74) is 2.20. The molecule has 5 aromatic carbocycles. The maximum Gasteiger partial charge on any atom is 2.00 e. The van der Waals surface area contributed by atoms with Crippen LogP contribution in [0.1, 0.15) is 11.1 Å². The van der Waals surface area contributed by atoms with Gasteiger partial charge >= 0.3 is 23.1 Å². The van der Waals surface area contributed by atoms with Gasteiger partial charge in [0.25, 0.3) is 0 Å². The van der Waals surface area contributed by atoms with E-state index in [1.807, 2.05) is 12.2 Å². The second-order valence-electron chi connectivity index (χ2n) is 8.99. The van der Waals surface area contributed by atoms with Crippen molar-refractivity contribution in [2.45, 2.75) is 4.90 Å². The van der Waals surface area contributed by atoms with E-state index >= 15 is 0 Å². The minimum Gasteiger partial charge on any atom is -1.00 e. The Balaban J connectivity index is 0.00000147. The van der Waals surface area contributed by atoms with Crippen LogP contribution in [0.4, 0.5) is 0 Å². The van der Waals surface area contributed by atoms with Crippen LogP contribution in [0.25, 0.3) is 74.4 Å². The Morgan fingerprint density at radius 2 is 1.11 bits per heavy atom. The second kappa shape index (κ2) is 10.7. The van der Waals surface area contributed by atoms with Gasteiger partial charge < -0.3 is 29.6 Å². The second-order valence-corrected chi connectivity index (χ2v) is 12.3. The molecule has 0 bridgehead atoms. The quantitative estimate of drug-likeness (QED) is 0.104. The summed E-state index contributed by atoms with van der Waals surface area (Å²) in [6.07, 6.45) is 3.78. The molecule has 0 N–H and O–H groups in total. The van der Waals surface area contributed by atoms with Crippen molar-refractivity contribution in [3.05, 3.63) is 102 Å². The van der Waals surface area contributed by atoms with Crippen LogP contribution in [0.15, 0.2) is 95.3 Å². The molecule has 0 atom stereocenters. The summed E-state index contributed by atoms with van der Waals surface area (Å²) in [4.78, 5) is 3.30. The molecule has 0 aliphatic heterocycles. The van der Waals surface area contributed by atoms with Crippen LogP contribution >= 0.6 is 38.6 Å². The molecule has 0 saturated heterocycles. The van der Waals surface area contributed by atoms with Crippen LogP contribution in [-0.2, 0) is 12.6 Å². The molecule has 6 heteroatoms. The number of benzene rings is 5. The third kappa shape index (κ3) is 4.35. The zero-order chi connectivity index (χ0) is 24.6. The molecule has 0 amide bonds. The van der Waals surface area contributed by atoms with Crippen molar-refractivity contribution in [2.24, 2.45) is 0 Å². The average molecular weight is 683 g/mol. The fourth-order valence-corrected chi connectivity index (χ4v) is 9.01. The first kappa shape index (κ1) is 27.8. The summed E-state index contributed by atoms with van der Waals surface area (Å²) in [6, 6.07) is 26.6. The Morgan fingerprint density at radius 1 is 0.632 bits per heavy atom. The standard InChI is InChI=1S/C32H19BrS3.BrH.Mg/c1-3-17-9-21-13-25-27(15-23(21)10-18(17)4-2)35-31(29(25)33)32-30(34)26-14-22-11-19-7-5-6-8-20(19)12-24(22)16-28(26)36-32;;/h3-16,34H,1-2H2;1H;/q;;+2/p-2. The summed E-state index contributed by atoms with van der Waals surface area (Å²) >= 11 is 13.6. The monoisotopic (exact) mass is 680 g/mol. The van der Waals surface area contributed by atoms with Gasteiger partial charge in [-0.05, 0) is 113 Å². The van der Waals surface area contributed by atoms with Gasteiger partial charge in [-0.15, -0.1) is 27.6 Å². The van der Waals surface area contributed by atoms with Gasteiger partial charge in [0.05, 0.1) is 4.88 Å². The number of hydrogen-bond donors (Lipinski definition) is 0. The molecule has 0 aliphatic rings. The Bertz CT molecular complexity index is 2070.